The van der Waals surface area contributed by atoms with Crippen LogP contribution < -0.4 is 0 Å². The van der Waals surface area contributed by atoms with E-state index in [9.17, 15) is 4.79 Å². The third-order valence-corrected chi connectivity index (χ3v) is 4.78. The average Bonchev–Trinajstić information content (AvgIpc) is 3.02. The zero-order valence-electron chi connectivity index (χ0n) is 14.9. The van der Waals surface area contributed by atoms with E-state index in [0.717, 1.165) is 31.5 Å². The summed E-state index contributed by atoms with van der Waals surface area (Å²) in [5.74, 6) is -0.219. The lowest BCUT2D eigenvalue weighted by molar-refractivity contribution is -0.130. The lowest BCUT2D eigenvalue weighted by atomic mass is 10.1. The van der Waals surface area contributed by atoms with Crippen LogP contribution in [-0.4, -0.2) is 26.8 Å². The van der Waals surface area contributed by atoms with Gasteiger partial charge in [0.15, 0.2) is 4.84 Å². The maximum absolute atomic E-state index is 12.3. The summed E-state index contributed by atoms with van der Waals surface area (Å²) in [6, 6.07) is 12.4. The van der Waals surface area contributed by atoms with Crippen molar-refractivity contribution in [2.45, 2.75) is 51.0 Å². The van der Waals surface area contributed by atoms with Gasteiger partial charge in [0.25, 0.3) is 5.91 Å². The molecule has 0 radical (unpaired) electrons. The van der Waals surface area contributed by atoms with Crippen LogP contribution in [0.15, 0.2) is 42.6 Å². The molecule has 0 fully saturated rings. The number of nitrogens with zero attached hydrogens (tertiary/aromatic N) is 2. The molecule has 0 aliphatic carbocycles. The number of unbranched alkanes of at least 4 members (excludes halogenated alkanes) is 2. The highest BCUT2D eigenvalue weighted by Crippen LogP contribution is 2.16. The zero-order valence-corrected chi connectivity index (χ0v) is 16.4. The van der Waals surface area contributed by atoms with Crippen molar-refractivity contribution in [3.8, 4) is 0 Å². The first-order valence-electron chi connectivity index (χ1n) is 8.78. The van der Waals surface area contributed by atoms with E-state index in [1.165, 1.54) is 11.1 Å². The Hall–Kier alpha value is -1.45. The van der Waals surface area contributed by atoms with Crippen molar-refractivity contribution in [2.75, 3.05) is 6.54 Å². The van der Waals surface area contributed by atoms with Crippen LogP contribution in [0.5, 0.6) is 0 Å². The van der Waals surface area contributed by atoms with E-state index >= 15 is 0 Å². The number of halogens is 2. The summed E-state index contributed by atoms with van der Waals surface area (Å²) in [4.78, 5) is 13.1. The molecular weight excluding hydrogens is 355 g/mol. The molecule has 1 aromatic carbocycles. The quantitative estimate of drug-likeness (QED) is 0.435. The zero-order chi connectivity index (χ0) is 18.2. The number of rotatable bonds is 9. The molecule has 2 rings (SSSR count). The summed E-state index contributed by atoms with van der Waals surface area (Å²) in [7, 11) is 0. The molecule has 25 heavy (non-hydrogen) atoms. The number of aryl methyl sites for hydroxylation is 1. The summed E-state index contributed by atoms with van der Waals surface area (Å²) in [6.07, 6.45) is 5.21. The fourth-order valence-electron chi connectivity index (χ4n) is 2.87. The highest BCUT2D eigenvalue weighted by molar-refractivity contribution is 6.53. The molecular formula is C20H26Cl2N2O. The first kappa shape index (κ1) is 19.9. The first-order chi connectivity index (χ1) is 12.0. The molecule has 0 aliphatic rings. The minimum Gasteiger partial charge on any atom is -0.345 e. The second-order valence-corrected chi connectivity index (χ2v) is 7.42. The number of hydrogen-bond acceptors (Lipinski definition) is 1. The van der Waals surface area contributed by atoms with Gasteiger partial charge in [0.05, 0.1) is 6.54 Å². The fraction of sp³-hybridized carbons (Fsp3) is 0.450. The first-order valence-corrected chi connectivity index (χ1v) is 9.65. The van der Waals surface area contributed by atoms with Gasteiger partial charge in [-0.1, -0.05) is 67.2 Å². The van der Waals surface area contributed by atoms with Crippen LogP contribution in [0.2, 0.25) is 0 Å². The lowest BCUT2D eigenvalue weighted by Crippen LogP contribution is -2.35. The average molecular weight is 381 g/mol. The third kappa shape index (κ3) is 5.79. The maximum atomic E-state index is 12.3. The van der Waals surface area contributed by atoms with Crippen molar-refractivity contribution in [1.82, 2.24) is 9.47 Å². The van der Waals surface area contributed by atoms with Crippen LogP contribution >= 0.6 is 23.2 Å². The van der Waals surface area contributed by atoms with Crippen LogP contribution in [-0.2, 0) is 17.9 Å². The van der Waals surface area contributed by atoms with Crippen molar-refractivity contribution in [1.29, 1.82) is 0 Å². The molecule has 1 amide bonds. The van der Waals surface area contributed by atoms with Crippen molar-refractivity contribution in [3.63, 3.8) is 0 Å². The van der Waals surface area contributed by atoms with Crippen molar-refractivity contribution >= 4 is 29.1 Å². The molecule has 0 saturated heterocycles. The largest absolute Gasteiger partial charge is 0.345 e. The summed E-state index contributed by atoms with van der Waals surface area (Å²) in [6.45, 7) is 6.25. The number of hydrogen-bond donors (Lipinski definition) is 0. The van der Waals surface area contributed by atoms with Crippen LogP contribution in [0, 0.1) is 6.92 Å². The Morgan fingerprint density at radius 1 is 1.16 bits per heavy atom. The van der Waals surface area contributed by atoms with E-state index in [1.54, 1.807) is 4.90 Å². The van der Waals surface area contributed by atoms with E-state index in [2.05, 4.69) is 48.9 Å². The molecule has 136 valence electrons. The van der Waals surface area contributed by atoms with Gasteiger partial charge in [0, 0.05) is 25.0 Å². The molecule has 0 aliphatic heterocycles. The SMILES string of the molecule is CCCCCN(Cc1cccn1Cc1ccccc1C)C(=O)C(Cl)Cl. The molecule has 0 atom stereocenters. The number of amides is 1. The van der Waals surface area contributed by atoms with Crippen LogP contribution in [0.25, 0.3) is 0 Å². The van der Waals surface area contributed by atoms with E-state index in [1.807, 2.05) is 12.1 Å². The minimum absolute atomic E-state index is 0.219. The highest BCUT2D eigenvalue weighted by atomic mass is 35.5. The van der Waals surface area contributed by atoms with Gasteiger partial charge < -0.3 is 9.47 Å². The smallest absolute Gasteiger partial charge is 0.256 e. The van der Waals surface area contributed by atoms with Crippen LogP contribution in [0.1, 0.15) is 43.0 Å². The van der Waals surface area contributed by atoms with E-state index in [-0.39, 0.29) is 5.91 Å². The van der Waals surface area contributed by atoms with Crippen molar-refractivity contribution in [3.05, 3.63) is 59.4 Å². The van der Waals surface area contributed by atoms with Crippen LogP contribution in [0.3, 0.4) is 0 Å². The molecule has 3 nitrogen and oxygen atoms in total. The molecule has 0 N–H and O–H groups in total. The second-order valence-electron chi connectivity index (χ2n) is 6.32. The normalized spacial score (nSPS) is 11.1. The summed E-state index contributed by atoms with van der Waals surface area (Å²) in [5.41, 5.74) is 3.62. The molecule has 1 heterocycles. The Labute approximate surface area is 160 Å². The Bertz CT molecular complexity index is 682. The predicted octanol–water partition coefficient (Wildman–Crippen LogP) is 5.17. The monoisotopic (exact) mass is 380 g/mol. The van der Waals surface area contributed by atoms with Gasteiger partial charge >= 0.3 is 0 Å². The topological polar surface area (TPSA) is 25.2 Å². The van der Waals surface area contributed by atoms with Gasteiger partial charge in [-0.15, -0.1) is 0 Å². The van der Waals surface area contributed by atoms with Gasteiger partial charge in [0.2, 0.25) is 0 Å². The summed E-state index contributed by atoms with van der Waals surface area (Å²) < 4.78 is 2.18. The third-order valence-electron chi connectivity index (χ3n) is 4.41. The predicted molar refractivity (Wildman–Crippen MR) is 105 cm³/mol. The highest BCUT2D eigenvalue weighted by Gasteiger charge is 2.21. The Morgan fingerprint density at radius 3 is 2.60 bits per heavy atom. The molecule has 2 aromatic rings. The Balaban J connectivity index is 2.12. The van der Waals surface area contributed by atoms with Gasteiger partial charge in [0.1, 0.15) is 0 Å². The standard InChI is InChI=1S/C20H26Cl2N2O/c1-3-4-7-12-24(20(25)19(21)22)15-18-11-8-13-23(18)14-17-10-6-5-9-16(17)2/h5-6,8-11,13,19H,3-4,7,12,14-15H2,1-2H3. The van der Waals surface area contributed by atoms with Gasteiger partial charge in [-0.3, -0.25) is 4.79 Å². The van der Waals surface area contributed by atoms with Gasteiger partial charge in [-0.2, -0.15) is 0 Å². The number of carbonyl (C=O) groups excluding carboxylic acids is 1. The number of aromatic nitrogens is 1. The van der Waals surface area contributed by atoms with Gasteiger partial charge in [-0.05, 0) is 36.6 Å². The van der Waals surface area contributed by atoms with Crippen LogP contribution in [0.4, 0.5) is 0 Å². The Kier molecular flexibility index (Phi) is 7.86. The maximum Gasteiger partial charge on any atom is 0.256 e. The molecule has 1 aromatic heterocycles. The number of benzene rings is 1. The lowest BCUT2D eigenvalue weighted by Gasteiger charge is -2.24. The number of carbonyl (C=O) groups is 1. The van der Waals surface area contributed by atoms with Crippen molar-refractivity contribution in [2.24, 2.45) is 0 Å². The second kappa shape index (κ2) is 9.88. The molecule has 0 saturated carbocycles. The van der Waals surface area contributed by atoms with Gasteiger partial charge in [-0.25, -0.2) is 0 Å². The molecule has 5 heteroatoms. The number of alkyl halides is 2. The molecule has 0 unspecified atom stereocenters. The summed E-state index contributed by atoms with van der Waals surface area (Å²) >= 11 is 11.7. The van der Waals surface area contributed by atoms with Crippen molar-refractivity contribution < 1.29 is 4.79 Å². The molecule has 0 bridgehead atoms. The van der Waals surface area contributed by atoms with E-state index < -0.39 is 4.84 Å². The summed E-state index contributed by atoms with van der Waals surface area (Å²) in [5, 5.41) is 0. The van der Waals surface area contributed by atoms with E-state index in [0.29, 0.717) is 13.1 Å². The minimum atomic E-state index is -1.01. The molecule has 0 spiro atoms. The Morgan fingerprint density at radius 2 is 1.92 bits per heavy atom. The van der Waals surface area contributed by atoms with E-state index in [4.69, 9.17) is 23.2 Å². The fourth-order valence-corrected chi connectivity index (χ4v) is 3.15.